The Bertz CT molecular complexity index is 846. The molecule has 0 amide bonds. The Balaban J connectivity index is 2.16. The predicted molar refractivity (Wildman–Crippen MR) is 97.3 cm³/mol. The molecule has 0 saturated carbocycles. The van der Waals surface area contributed by atoms with Crippen molar-refractivity contribution >= 4 is 34.5 Å². The maximum atomic E-state index is 6.14. The number of thiazole rings is 1. The average Bonchev–Trinajstić information content (AvgIpc) is 2.94. The van der Waals surface area contributed by atoms with Crippen molar-refractivity contribution in [3.63, 3.8) is 0 Å². The van der Waals surface area contributed by atoms with Gasteiger partial charge < -0.3 is 0 Å². The first-order valence-electron chi connectivity index (χ1n) is 7.33. The van der Waals surface area contributed by atoms with Crippen molar-refractivity contribution in [3.8, 4) is 21.8 Å². The second-order valence-corrected chi connectivity index (χ2v) is 7.04. The van der Waals surface area contributed by atoms with Gasteiger partial charge in [0.05, 0.1) is 21.3 Å². The van der Waals surface area contributed by atoms with Gasteiger partial charge in [-0.2, -0.15) is 0 Å². The summed E-state index contributed by atoms with van der Waals surface area (Å²) < 4.78 is 0. The van der Waals surface area contributed by atoms with Gasteiger partial charge in [-0.1, -0.05) is 24.6 Å². The predicted octanol–water partition coefficient (Wildman–Crippen LogP) is 5.83. The highest BCUT2D eigenvalue weighted by Crippen LogP contribution is 2.37. The molecule has 0 spiro atoms. The van der Waals surface area contributed by atoms with E-state index in [4.69, 9.17) is 28.2 Å². The molecule has 1 aromatic carbocycles. The lowest BCUT2D eigenvalue weighted by molar-refractivity contribution is 0.910. The van der Waals surface area contributed by atoms with Gasteiger partial charge in [0.1, 0.15) is 0 Å². The minimum absolute atomic E-state index is 0.242. The van der Waals surface area contributed by atoms with Gasteiger partial charge in [0, 0.05) is 16.8 Å². The standard InChI is InChI=1S/C17H15Cl2N3S/c1-3-4-14-22-15(11-5-6-12(18)10(2)9-11)16(23-14)13-7-8-20-17(19)21-13/h5-9H,3-4H2,1-2H3. The first kappa shape index (κ1) is 16.4. The molecule has 0 radical (unpaired) electrons. The molecule has 0 N–H and O–H groups in total. The Morgan fingerprint density at radius 3 is 2.65 bits per heavy atom. The zero-order valence-corrected chi connectivity index (χ0v) is 15.1. The molecule has 23 heavy (non-hydrogen) atoms. The van der Waals surface area contributed by atoms with Crippen LogP contribution in [0.4, 0.5) is 0 Å². The fourth-order valence-electron chi connectivity index (χ4n) is 2.31. The summed E-state index contributed by atoms with van der Waals surface area (Å²) in [6, 6.07) is 7.81. The van der Waals surface area contributed by atoms with E-state index in [0.29, 0.717) is 0 Å². The van der Waals surface area contributed by atoms with Gasteiger partial charge in [-0.3, -0.25) is 0 Å². The topological polar surface area (TPSA) is 38.7 Å². The average molecular weight is 364 g/mol. The van der Waals surface area contributed by atoms with Gasteiger partial charge in [0.15, 0.2) is 0 Å². The monoisotopic (exact) mass is 363 g/mol. The lowest BCUT2D eigenvalue weighted by Crippen LogP contribution is -1.88. The lowest BCUT2D eigenvalue weighted by atomic mass is 10.1. The van der Waals surface area contributed by atoms with Crippen LogP contribution >= 0.6 is 34.5 Å². The van der Waals surface area contributed by atoms with Gasteiger partial charge in [-0.15, -0.1) is 11.3 Å². The zero-order chi connectivity index (χ0) is 16.4. The summed E-state index contributed by atoms with van der Waals surface area (Å²) in [6.45, 7) is 4.14. The van der Waals surface area contributed by atoms with E-state index in [9.17, 15) is 0 Å². The first-order valence-corrected chi connectivity index (χ1v) is 8.91. The van der Waals surface area contributed by atoms with Crippen LogP contribution in [0.25, 0.3) is 21.8 Å². The van der Waals surface area contributed by atoms with Crippen molar-refractivity contribution < 1.29 is 0 Å². The van der Waals surface area contributed by atoms with Gasteiger partial charge in [0.25, 0.3) is 0 Å². The molecular formula is C17H15Cl2N3S. The van der Waals surface area contributed by atoms with E-state index in [1.807, 2.05) is 25.1 Å². The number of hydrogen-bond acceptors (Lipinski definition) is 4. The third-order valence-corrected chi connectivity index (χ3v) is 5.17. The number of halogens is 2. The quantitative estimate of drug-likeness (QED) is 0.546. The van der Waals surface area contributed by atoms with Crippen molar-refractivity contribution in [3.05, 3.63) is 51.3 Å². The summed E-state index contributed by atoms with van der Waals surface area (Å²) >= 11 is 13.8. The molecule has 3 aromatic rings. The van der Waals surface area contributed by atoms with Crippen LogP contribution in [0.3, 0.4) is 0 Å². The number of hydrogen-bond donors (Lipinski definition) is 0. The molecule has 2 aromatic heterocycles. The number of aromatic nitrogens is 3. The third kappa shape index (κ3) is 3.55. The maximum absolute atomic E-state index is 6.14. The summed E-state index contributed by atoms with van der Waals surface area (Å²) in [6.07, 6.45) is 3.67. The van der Waals surface area contributed by atoms with Crippen LogP contribution in [0, 0.1) is 6.92 Å². The molecule has 6 heteroatoms. The summed E-state index contributed by atoms with van der Waals surface area (Å²) in [7, 11) is 0. The molecule has 0 fully saturated rings. The van der Waals surface area contributed by atoms with Crippen LogP contribution in [-0.2, 0) is 6.42 Å². The molecule has 0 aliphatic rings. The first-order chi connectivity index (χ1) is 11.1. The summed E-state index contributed by atoms with van der Waals surface area (Å²) in [5, 5.41) is 2.09. The molecule has 0 aliphatic carbocycles. The fourth-order valence-corrected chi connectivity index (χ4v) is 3.73. The van der Waals surface area contributed by atoms with Crippen molar-refractivity contribution in [1.29, 1.82) is 0 Å². The lowest BCUT2D eigenvalue weighted by Gasteiger charge is -2.05. The highest BCUT2D eigenvalue weighted by atomic mass is 35.5. The Kier molecular flexibility index (Phi) is 4.95. The molecule has 3 rings (SSSR count). The second kappa shape index (κ2) is 6.95. The van der Waals surface area contributed by atoms with E-state index in [2.05, 4.69) is 23.0 Å². The van der Waals surface area contributed by atoms with Crippen molar-refractivity contribution in [2.24, 2.45) is 0 Å². The summed E-state index contributed by atoms with van der Waals surface area (Å²) in [5.41, 5.74) is 3.79. The Hall–Kier alpha value is -1.49. The molecule has 2 heterocycles. The smallest absolute Gasteiger partial charge is 0.222 e. The fraction of sp³-hybridized carbons (Fsp3) is 0.235. The van der Waals surface area contributed by atoms with Gasteiger partial charge in [-0.05, 0) is 55.1 Å². The molecule has 0 atom stereocenters. The van der Waals surface area contributed by atoms with Crippen LogP contribution in [0.1, 0.15) is 23.9 Å². The molecule has 0 saturated heterocycles. The molecule has 118 valence electrons. The molecule has 0 bridgehead atoms. The maximum Gasteiger partial charge on any atom is 0.222 e. The molecular weight excluding hydrogens is 349 g/mol. The van der Waals surface area contributed by atoms with E-state index in [-0.39, 0.29) is 5.28 Å². The van der Waals surface area contributed by atoms with E-state index < -0.39 is 0 Å². The minimum atomic E-state index is 0.242. The van der Waals surface area contributed by atoms with Crippen LogP contribution in [0.5, 0.6) is 0 Å². The Morgan fingerprint density at radius 1 is 1.13 bits per heavy atom. The Labute approximate surface area is 149 Å². The summed E-state index contributed by atoms with van der Waals surface area (Å²) in [5.74, 6) is 0. The van der Waals surface area contributed by atoms with Crippen molar-refractivity contribution in [2.45, 2.75) is 26.7 Å². The normalized spacial score (nSPS) is 11.0. The second-order valence-electron chi connectivity index (χ2n) is 5.21. The number of aryl methyl sites for hydroxylation is 2. The van der Waals surface area contributed by atoms with Gasteiger partial charge in [-0.25, -0.2) is 15.0 Å². The highest BCUT2D eigenvalue weighted by molar-refractivity contribution is 7.15. The third-order valence-electron chi connectivity index (χ3n) is 3.43. The van der Waals surface area contributed by atoms with Crippen LogP contribution in [0.15, 0.2) is 30.5 Å². The van der Waals surface area contributed by atoms with Crippen LogP contribution in [-0.4, -0.2) is 15.0 Å². The number of rotatable bonds is 4. The van der Waals surface area contributed by atoms with Gasteiger partial charge in [0.2, 0.25) is 5.28 Å². The minimum Gasteiger partial charge on any atom is -0.240 e. The SMILES string of the molecule is CCCc1nc(-c2ccc(Cl)c(C)c2)c(-c2ccnc(Cl)n2)s1. The molecule has 3 nitrogen and oxygen atoms in total. The largest absolute Gasteiger partial charge is 0.240 e. The van der Waals surface area contributed by atoms with Gasteiger partial charge >= 0.3 is 0 Å². The van der Waals surface area contributed by atoms with E-state index in [0.717, 1.165) is 50.3 Å². The van der Waals surface area contributed by atoms with Crippen LogP contribution in [0.2, 0.25) is 10.3 Å². The van der Waals surface area contributed by atoms with Crippen molar-refractivity contribution in [2.75, 3.05) is 0 Å². The summed E-state index contributed by atoms with van der Waals surface area (Å²) in [4.78, 5) is 14.1. The molecule has 0 aliphatic heterocycles. The van der Waals surface area contributed by atoms with E-state index in [1.165, 1.54) is 0 Å². The Morgan fingerprint density at radius 2 is 1.96 bits per heavy atom. The van der Waals surface area contributed by atoms with E-state index in [1.54, 1.807) is 17.5 Å². The highest BCUT2D eigenvalue weighted by Gasteiger charge is 2.16. The van der Waals surface area contributed by atoms with Crippen LogP contribution < -0.4 is 0 Å². The zero-order valence-electron chi connectivity index (χ0n) is 12.8. The van der Waals surface area contributed by atoms with E-state index >= 15 is 0 Å². The molecule has 0 unspecified atom stereocenters. The van der Waals surface area contributed by atoms with Crippen molar-refractivity contribution in [1.82, 2.24) is 15.0 Å². The number of benzene rings is 1. The number of nitrogens with zero attached hydrogens (tertiary/aromatic N) is 3.